The monoisotopic (exact) mass is 1840 g/mol. The van der Waals surface area contributed by atoms with E-state index in [9.17, 15) is 0 Å². The normalized spacial score (nSPS) is 11.6. The van der Waals surface area contributed by atoms with Gasteiger partial charge in [-0.2, -0.15) is 0 Å². The minimum atomic E-state index is 1.12. The van der Waals surface area contributed by atoms with Crippen molar-refractivity contribution in [3.05, 3.63) is 497 Å². The standard InChI is InChI=1S/C44H26N2S3.C44H30N2S.C38H26N2S/c1-2-11-27(12-3-1)46-36-17-7-4-15-34(36)44-42(46)35-16-10-18-37(43(35)49-44)45(28-21-23-32-30-13-5-8-19-38(30)47-40(32)25-28)29-22-24-33-31-14-6-9-20-39(31)48-41(33)26-29;1-4-13-31(14-5-1)32-23-27-36(28-24-32)45(34-15-6-2-7-16-34)37-29-25-33(26-30-37)38-20-12-21-40-42-44(47-43(38)40)39-19-10-11-22-41(39)46(42)35-17-8-3-9-18-35;1-4-13-28(14-5-1)39(29-15-6-2-7-16-29)31-25-23-27(24-26-31)32-20-12-21-34-36-38(41-37(32)34)33-19-10-11-22-35(33)40(36)30-17-8-3-9-18-30/h1-26H;1-30H;1-26H. The fourth-order valence-electron chi connectivity index (χ4n) is 20.4. The van der Waals surface area contributed by atoms with Crippen LogP contribution in [0.1, 0.15) is 0 Å². The van der Waals surface area contributed by atoms with E-state index in [-0.39, 0.29) is 0 Å². The van der Waals surface area contributed by atoms with Crippen molar-refractivity contribution in [2.75, 3.05) is 14.7 Å². The molecule has 28 aromatic rings. The lowest BCUT2D eigenvalue weighted by Crippen LogP contribution is -2.10. The van der Waals surface area contributed by atoms with Gasteiger partial charge in [0, 0.05) is 145 Å². The Morgan fingerprint density at radius 2 is 0.423 bits per heavy atom. The van der Waals surface area contributed by atoms with Gasteiger partial charge < -0.3 is 28.4 Å². The molecule has 0 bridgehead atoms. The van der Waals surface area contributed by atoms with Crippen LogP contribution >= 0.6 is 56.7 Å². The molecule has 6 nitrogen and oxygen atoms in total. The summed E-state index contributed by atoms with van der Waals surface area (Å²) in [5, 5.41) is 13.0. The molecule has 0 N–H and O–H groups in total. The second kappa shape index (κ2) is 34.5. The lowest BCUT2D eigenvalue weighted by Gasteiger charge is -2.26. The van der Waals surface area contributed by atoms with Crippen LogP contribution in [0.15, 0.2) is 497 Å². The van der Waals surface area contributed by atoms with E-state index in [1.807, 2.05) is 56.7 Å². The van der Waals surface area contributed by atoms with Gasteiger partial charge in [0.2, 0.25) is 0 Å². The summed E-state index contributed by atoms with van der Waals surface area (Å²) in [6, 6.07) is 180. The van der Waals surface area contributed by atoms with Crippen molar-refractivity contribution < 1.29 is 0 Å². The van der Waals surface area contributed by atoms with E-state index < -0.39 is 0 Å². The maximum absolute atomic E-state index is 2.49. The molecule has 0 fully saturated rings. The zero-order valence-electron chi connectivity index (χ0n) is 74.1. The van der Waals surface area contributed by atoms with E-state index in [1.54, 1.807) is 0 Å². The van der Waals surface area contributed by atoms with E-state index in [0.717, 1.165) is 34.1 Å². The molecule has 0 amide bonds. The largest absolute Gasteiger partial charge is 0.311 e. The first kappa shape index (κ1) is 81.3. The first-order valence-corrected chi connectivity index (χ1v) is 50.3. The number of hydrogen-bond donors (Lipinski definition) is 0. The van der Waals surface area contributed by atoms with E-state index in [0.29, 0.717) is 0 Å². The summed E-state index contributed by atoms with van der Waals surface area (Å²) in [7, 11) is 0. The zero-order chi connectivity index (χ0) is 90.4. The van der Waals surface area contributed by atoms with Crippen molar-refractivity contribution in [1.29, 1.82) is 0 Å². The zero-order valence-corrected chi connectivity index (χ0v) is 78.1. The third-order valence-electron chi connectivity index (χ3n) is 26.6. The first-order chi connectivity index (χ1) is 68.0. The van der Waals surface area contributed by atoms with Crippen molar-refractivity contribution in [2.45, 2.75) is 0 Å². The van der Waals surface area contributed by atoms with Gasteiger partial charge in [-0.25, -0.2) is 0 Å². The van der Waals surface area contributed by atoms with E-state index in [1.165, 1.54) is 201 Å². The van der Waals surface area contributed by atoms with Crippen LogP contribution in [0.25, 0.3) is 184 Å². The molecule has 0 aliphatic rings. The van der Waals surface area contributed by atoms with Crippen LogP contribution in [0.3, 0.4) is 0 Å². The molecule has 0 unspecified atom stereocenters. The Labute approximate surface area is 811 Å². The molecule has 0 aliphatic carbocycles. The fourth-order valence-corrected chi connectivity index (χ4v) is 26.7. The highest BCUT2D eigenvalue weighted by Crippen LogP contribution is 2.54. The number of benzene rings is 20. The third-order valence-corrected chi connectivity index (χ3v) is 32.6. The van der Waals surface area contributed by atoms with E-state index >= 15 is 0 Å². The molecule has 0 aliphatic heterocycles. The maximum atomic E-state index is 2.49. The number of nitrogens with zero attached hydrogens (tertiary/aromatic N) is 6. The quantitative estimate of drug-likeness (QED) is 0.102. The predicted octanol–water partition coefficient (Wildman–Crippen LogP) is 38.1. The number of para-hydroxylation sites is 9. The molecule has 0 saturated heterocycles. The Morgan fingerprint density at radius 1 is 0.153 bits per heavy atom. The smallest absolute Gasteiger partial charge is 0.0728 e. The second-order valence-electron chi connectivity index (χ2n) is 34.5. The summed E-state index contributed by atoms with van der Waals surface area (Å²) in [6.07, 6.45) is 0. The average molecular weight is 1840 g/mol. The van der Waals surface area contributed by atoms with Crippen molar-refractivity contribution in [1.82, 2.24) is 13.7 Å². The minimum Gasteiger partial charge on any atom is -0.311 e. The second-order valence-corrected chi connectivity index (χ2v) is 39.7. The summed E-state index contributed by atoms with van der Waals surface area (Å²) in [4.78, 5) is 7.12. The number of hydrogen-bond acceptors (Lipinski definition) is 8. The van der Waals surface area contributed by atoms with E-state index in [4.69, 9.17) is 0 Å². The third kappa shape index (κ3) is 14.2. The summed E-state index contributed by atoms with van der Waals surface area (Å²) in [5.41, 5.74) is 28.9. The molecule has 137 heavy (non-hydrogen) atoms. The molecular formula is C126H82N6S5. The Kier molecular flexibility index (Phi) is 20.5. The van der Waals surface area contributed by atoms with Crippen LogP contribution in [-0.2, 0) is 0 Å². The molecule has 0 atom stereocenters. The maximum Gasteiger partial charge on any atom is 0.0728 e. The lowest BCUT2D eigenvalue weighted by molar-refractivity contribution is 1.19. The van der Waals surface area contributed by atoms with Crippen LogP contribution in [-0.4, -0.2) is 13.7 Å². The lowest BCUT2D eigenvalue weighted by atomic mass is 10.0. The number of rotatable bonds is 15. The summed E-state index contributed by atoms with van der Waals surface area (Å²) >= 11 is 9.46. The highest BCUT2D eigenvalue weighted by Gasteiger charge is 2.28. The van der Waals surface area contributed by atoms with Gasteiger partial charge in [-0.3, -0.25) is 0 Å². The summed E-state index contributed by atoms with van der Waals surface area (Å²) < 4.78 is 20.5. The molecular weight excluding hydrogens is 1760 g/mol. The number of fused-ring (bicyclic) bond motifs is 21. The van der Waals surface area contributed by atoms with Gasteiger partial charge in [0.15, 0.2) is 0 Å². The molecule has 28 rings (SSSR count). The van der Waals surface area contributed by atoms with Gasteiger partial charge in [0.25, 0.3) is 0 Å². The van der Waals surface area contributed by atoms with E-state index in [2.05, 4.69) is 526 Å². The van der Waals surface area contributed by atoms with Gasteiger partial charge in [-0.15, -0.1) is 56.7 Å². The number of thiophene rings is 5. The van der Waals surface area contributed by atoms with Crippen LogP contribution in [0.4, 0.5) is 51.2 Å². The van der Waals surface area contributed by atoms with Crippen LogP contribution in [0, 0.1) is 0 Å². The van der Waals surface area contributed by atoms with Crippen LogP contribution in [0.5, 0.6) is 0 Å². The summed E-state index contributed by atoms with van der Waals surface area (Å²) in [6.45, 7) is 0. The highest BCUT2D eigenvalue weighted by atomic mass is 32.1. The van der Waals surface area contributed by atoms with Gasteiger partial charge in [-0.05, 0) is 203 Å². The Balaban J connectivity index is 0.000000107. The first-order valence-electron chi connectivity index (χ1n) is 46.2. The molecule has 8 aromatic heterocycles. The van der Waals surface area contributed by atoms with Crippen molar-refractivity contribution in [2.24, 2.45) is 0 Å². The average Bonchev–Trinajstić information content (AvgIpc) is 1.57. The highest BCUT2D eigenvalue weighted by molar-refractivity contribution is 7.28. The number of anilines is 9. The van der Waals surface area contributed by atoms with Crippen LogP contribution in [0.2, 0.25) is 0 Å². The summed E-state index contributed by atoms with van der Waals surface area (Å²) in [5.74, 6) is 0. The molecule has 20 aromatic carbocycles. The van der Waals surface area contributed by atoms with Crippen molar-refractivity contribution >= 4 is 242 Å². The van der Waals surface area contributed by atoms with Gasteiger partial charge in [-0.1, -0.05) is 328 Å². The topological polar surface area (TPSA) is 24.5 Å². The fraction of sp³-hybridized carbons (Fsp3) is 0. The Hall–Kier alpha value is -16.5. The Bertz CT molecular complexity index is 9230. The van der Waals surface area contributed by atoms with Gasteiger partial charge >= 0.3 is 0 Å². The van der Waals surface area contributed by atoms with Crippen molar-refractivity contribution in [3.63, 3.8) is 0 Å². The van der Waals surface area contributed by atoms with Crippen molar-refractivity contribution in [3.8, 4) is 50.4 Å². The molecule has 8 heterocycles. The van der Waals surface area contributed by atoms with Gasteiger partial charge in [0.1, 0.15) is 0 Å². The minimum absolute atomic E-state index is 1.12. The Morgan fingerprint density at radius 3 is 0.803 bits per heavy atom. The van der Waals surface area contributed by atoms with Gasteiger partial charge in [0.05, 0.1) is 57.6 Å². The molecule has 0 saturated carbocycles. The SMILES string of the molecule is c1ccc(-c2ccc(N(c3ccccc3)c3ccc(-c4cccc5c4sc4c6ccccc6n(-c6ccccc6)c54)cc3)cc2)cc1.c1ccc(-n2c3ccccc3c3sc4c(N(c5ccc6c(c5)sc5ccccc56)c5ccc6c(c5)sc5ccccc56)cccc4c32)cc1.c1ccc(N(c2ccccc2)c2ccc(-c3cccc4c3sc3c5ccccc5n(-c5ccccc5)c43)cc2)cc1. The molecule has 646 valence electrons. The molecule has 11 heteroatoms. The molecule has 0 radical (unpaired) electrons. The predicted molar refractivity (Wildman–Crippen MR) is 595 cm³/mol. The molecule has 0 spiro atoms. The van der Waals surface area contributed by atoms with Crippen LogP contribution < -0.4 is 14.7 Å². The number of aromatic nitrogens is 3.